The maximum atomic E-state index is 12.3. The molecule has 6 heteroatoms. The molecule has 2 aromatic rings. The summed E-state index contributed by atoms with van der Waals surface area (Å²) in [4.78, 5) is 19.7. The van der Waals surface area contributed by atoms with Crippen LogP contribution in [0.2, 0.25) is 0 Å². The predicted molar refractivity (Wildman–Crippen MR) is 89.0 cm³/mol. The summed E-state index contributed by atoms with van der Waals surface area (Å²) in [7, 11) is 0. The molecule has 3 N–H and O–H groups in total. The van der Waals surface area contributed by atoms with Crippen molar-refractivity contribution in [3.8, 4) is 11.3 Å². The van der Waals surface area contributed by atoms with E-state index in [1.807, 2.05) is 12.3 Å². The number of hydrogen-bond acceptors (Lipinski definition) is 4. The van der Waals surface area contributed by atoms with E-state index in [-0.39, 0.29) is 24.0 Å². The van der Waals surface area contributed by atoms with E-state index in [1.54, 1.807) is 23.6 Å². The van der Waals surface area contributed by atoms with Crippen LogP contribution in [-0.4, -0.2) is 33.6 Å². The van der Waals surface area contributed by atoms with Gasteiger partial charge in [0, 0.05) is 17.1 Å². The van der Waals surface area contributed by atoms with Gasteiger partial charge in [-0.2, -0.15) is 0 Å². The molecule has 120 valence electrons. The first kappa shape index (κ1) is 16.7. The fourth-order valence-corrected chi connectivity index (χ4v) is 2.95. The molecule has 22 heavy (non-hydrogen) atoms. The molecule has 5 nitrogen and oxygen atoms in total. The van der Waals surface area contributed by atoms with Crippen LogP contribution in [0.5, 0.6) is 0 Å². The summed E-state index contributed by atoms with van der Waals surface area (Å²) in [5.41, 5.74) is 2.28. The molecule has 0 radical (unpaired) electrons. The van der Waals surface area contributed by atoms with Gasteiger partial charge in [0.2, 0.25) is 0 Å². The Morgan fingerprint density at radius 2 is 2.23 bits per heavy atom. The third-order valence-corrected chi connectivity index (χ3v) is 4.03. The quantitative estimate of drug-likeness (QED) is 0.792. The van der Waals surface area contributed by atoms with Gasteiger partial charge in [-0.3, -0.25) is 4.79 Å². The number of thiazole rings is 1. The van der Waals surface area contributed by atoms with Gasteiger partial charge >= 0.3 is 0 Å². The second kappa shape index (κ2) is 6.62. The van der Waals surface area contributed by atoms with E-state index >= 15 is 0 Å². The van der Waals surface area contributed by atoms with Gasteiger partial charge in [-0.15, -0.1) is 11.3 Å². The first-order valence-electron chi connectivity index (χ1n) is 7.31. The van der Waals surface area contributed by atoms with E-state index in [9.17, 15) is 9.90 Å². The summed E-state index contributed by atoms with van der Waals surface area (Å²) in [6.45, 7) is 8.13. The van der Waals surface area contributed by atoms with E-state index in [0.717, 1.165) is 16.3 Å². The van der Waals surface area contributed by atoms with E-state index in [0.29, 0.717) is 12.1 Å². The number of rotatable bonds is 5. The van der Waals surface area contributed by atoms with Crippen molar-refractivity contribution in [1.82, 2.24) is 15.3 Å². The van der Waals surface area contributed by atoms with Gasteiger partial charge in [0.05, 0.1) is 23.4 Å². The van der Waals surface area contributed by atoms with Gasteiger partial charge in [0.1, 0.15) is 5.69 Å². The molecule has 0 bridgehead atoms. The molecule has 0 fully saturated rings. The molecule has 0 aromatic carbocycles. The topological polar surface area (TPSA) is 78.0 Å². The number of hydrogen-bond donors (Lipinski definition) is 3. The molecule has 0 saturated heterocycles. The van der Waals surface area contributed by atoms with Crippen molar-refractivity contribution in [1.29, 1.82) is 0 Å². The van der Waals surface area contributed by atoms with E-state index in [2.05, 4.69) is 36.1 Å². The predicted octanol–water partition coefficient (Wildman–Crippen LogP) is 2.97. The number of aliphatic hydroxyl groups is 1. The SMILES string of the molecule is Cc1nc(-c2c[nH]c(C(=O)NC(CO)CC(C)(C)C)c2)cs1. The fraction of sp³-hybridized carbons (Fsp3) is 0.500. The Balaban J connectivity index is 2.05. The molecule has 2 rings (SSSR count). The van der Waals surface area contributed by atoms with Crippen LogP contribution in [-0.2, 0) is 0 Å². The van der Waals surface area contributed by atoms with Gasteiger partial charge in [-0.05, 0) is 24.8 Å². The number of carbonyl (C=O) groups excluding carboxylic acids is 1. The smallest absolute Gasteiger partial charge is 0.268 e. The molecule has 0 saturated carbocycles. The Morgan fingerprint density at radius 3 is 2.77 bits per heavy atom. The first-order valence-corrected chi connectivity index (χ1v) is 8.19. The van der Waals surface area contributed by atoms with Gasteiger partial charge < -0.3 is 15.4 Å². The number of nitrogens with one attached hydrogen (secondary N) is 2. The Labute approximate surface area is 134 Å². The number of amides is 1. The lowest BCUT2D eigenvalue weighted by Gasteiger charge is -2.25. The fourth-order valence-electron chi connectivity index (χ4n) is 2.33. The van der Waals surface area contributed by atoms with Crippen molar-refractivity contribution in [3.63, 3.8) is 0 Å². The number of aromatic amines is 1. The lowest BCUT2D eigenvalue weighted by molar-refractivity contribution is 0.0893. The Bertz CT molecular complexity index is 640. The zero-order valence-corrected chi connectivity index (χ0v) is 14.3. The lowest BCUT2D eigenvalue weighted by Crippen LogP contribution is -2.40. The Kier molecular flexibility index (Phi) is 5.03. The normalized spacial score (nSPS) is 13.1. The largest absolute Gasteiger partial charge is 0.394 e. The van der Waals surface area contributed by atoms with Crippen LogP contribution in [0, 0.1) is 12.3 Å². The van der Waals surface area contributed by atoms with Crippen LogP contribution in [0.3, 0.4) is 0 Å². The monoisotopic (exact) mass is 321 g/mol. The van der Waals surface area contributed by atoms with Gasteiger partial charge in [-0.1, -0.05) is 20.8 Å². The number of H-pyrrole nitrogens is 1. The van der Waals surface area contributed by atoms with Crippen molar-refractivity contribution in [2.24, 2.45) is 5.41 Å². The zero-order valence-electron chi connectivity index (χ0n) is 13.4. The maximum absolute atomic E-state index is 12.3. The summed E-state index contributed by atoms with van der Waals surface area (Å²) in [6, 6.07) is 1.54. The van der Waals surface area contributed by atoms with E-state index < -0.39 is 0 Å². The van der Waals surface area contributed by atoms with Crippen molar-refractivity contribution >= 4 is 17.2 Å². The average molecular weight is 321 g/mol. The highest BCUT2D eigenvalue weighted by atomic mass is 32.1. The maximum Gasteiger partial charge on any atom is 0.268 e. The summed E-state index contributed by atoms with van der Waals surface area (Å²) < 4.78 is 0. The second-order valence-corrected chi connectivity index (χ2v) is 7.73. The van der Waals surface area contributed by atoms with Crippen LogP contribution in [0.15, 0.2) is 17.6 Å². The molecule has 0 aliphatic carbocycles. The van der Waals surface area contributed by atoms with Crippen LogP contribution < -0.4 is 5.32 Å². The van der Waals surface area contributed by atoms with Gasteiger partial charge in [0.25, 0.3) is 5.91 Å². The van der Waals surface area contributed by atoms with Crippen molar-refractivity contribution in [3.05, 3.63) is 28.3 Å². The van der Waals surface area contributed by atoms with Crippen LogP contribution in [0.25, 0.3) is 11.3 Å². The van der Waals surface area contributed by atoms with Gasteiger partial charge in [0.15, 0.2) is 0 Å². The molecular weight excluding hydrogens is 298 g/mol. The highest BCUT2D eigenvalue weighted by Crippen LogP contribution is 2.23. The molecule has 0 aliphatic rings. The number of aromatic nitrogens is 2. The minimum absolute atomic E-state index is 0.0414. The van der Waals surface area contributed by atoms with Crippen LogP contribution in [0.4, 0.5) is 0 Å². The molecule has 2 heterocycles. The summed E-state index contributed by atoms with van der Waals surface area (Å²) in [6.07, 6.45) is 2.50. The highest BCUT2D eigenvalue weighted by molar-refractivity contribution is 7.09. The minimum Gasteiger partial charge on any atom is -0.394 e. The third-order valence-electron chi connectivity index (χ3n) is 3.26. The number of carbonyl (C=O) groups is 1. The summed E-state index contributed by atoms with van der Waals surface area (Å²) >= 11 is 1.58. The molecule has 1 amide bonds. The highest BCUT2D eigenvalue weighted by Gasteiger charge is 2.21. The second-order valence-electron chi connectivity index (χ2n) is 6.67. The van der Waals surface area contributed by atoms with Crippen LogP contribution >= 0.6 is 11.3 Å². The van der Waals surface area contributed by atoms with Crippen LogP contribution in [0.1, 0.15) is 42.7 Å². The van der Waals surface area contributed by atoms with Gasteiger partial charge in [-0.25, -0.2) is 4.98 Å². The molecule has 1 atom stereocenters. The molecule has 1 unspecified atom stereocenters. The molecule has 0 spiro atoms. The van der Waals surface area contributed by atoms with E-state index in [1.165, 1.54) is 0 Å². The standard InChI is InChI=1S/C16H23N3O2S/c1-10-18-14(9-22-10)11-5-13(17-7-11)15(21)19-12(8-20)6-16(2,3)4/h5,7,9,12,17,20H,6,8H2,1-4H3,(H,19,21). The van der Waals surface area contributed by atoms with Crippen molar-refractivity contribution in [2.75, 3.05) is 6.61 Å². The Hall–Kier alpha value is -1.66. The summed E-state index contributed by atoms with van der Waals surface area (Å²) in [5, 5.41) is 15.3. The minimum atomic E-state index is -0.249. The zero-order chi connectivity index (χ0) is 16.3. The lowest BCUT2D eigenvalue weighted by atomic mass is 9.88. The first-order chi connectivity index (χ1) is 10.3. The average Bonchev–Trinajstić information content (AvgIpc) is 3.04. The number of nitrogens with zero attached hydrogens (tertiary/aromatic N) is 1. The van der Waals surface area contributed by atoms with Crippen molar-refractivity contribution in [2.45, 2.75) is 40.2 Å². The molecular formula is C16H23N3O2S. The molecule has 0 aliphatic heterocycles. The molecule has 2 aromatic heterocycles. The third kappa shape index (κ3) is 4.42. The van der Waals surface area contributed by atoms with Crippen molar-refractivity contribution < 1.29 is 9.90 Å². The Morgan fingerprint density at radius 1 is 1.50 bits per heavy atom. The van der Waals surface area contributed by atoms with E-state index in [4.69, 9.17) is 0 Å². The summed E-state index contributed by atoms with van der Waals surface area (Å²) in [5.74, 6) is -0.207. The number of aryl methyl sites for hydroxylation is 1. The number of aliphatic hydroxyl groups excluding tert-OH is 1.